The molecule has 1 N–H and O–H groups in total. The molecule has 2 rings (SSSR count). The third kappa shape index (κ3) is 2.61. The van der Waals surface area contributed by atoms with Crippen LogP contribution in [0.3, 0.4) is 0 Å². The number of amides is 1. The van der Waals surface area contributed by atoms with Crippen molar-refractivity contribution in [3.05, 3.63) is 0 Å². The van der Waals surface area contributed by atoms with E-state index in [0.717, 1.165) is 0 Å². The molecule has 100 valence electrons. The van der Waals surface area contributed by atoms with Crippen LogP contribution in [-0.4, -0.2) is 59.0 Å². The summed E-state index contributed by atoms with van der Waals surface area (Å²) in [5.41, 5.74) is -0.496. The number of oxime groups is 1. The highest BCUT2D eigenvalue weighted by molar-refractivity contribution is 6.36. The maximum Gasteiger partial charge on any atom is 0.353 e. The molecule has 1 atom stereocenters. The summed E-state index contributed by atoms with van der Waals surface area (Å²) in [7, 11) is 0. The Morgan fingerprint density at radius 3 is 2.78 bits per heavy atom. The SMILES string of the molecule is CC1(C)CN(C(=O)C2CC(C(=O)O)=NO2)CCO1. The van der Waals surface area contributed by atoms with E-state index in [4.69, 9.17) is 14.7 Å². The number of rotatable bonds is 2. The minimum absolute atomic E-state index is 0.0198. The monoisotopic (exact) mass is 256 g/mol. The van der Waals surface area contributed by atoms with Crippen molar-refractivity contribution >= 4 is 17.6 Å². The number of morpholine rings is 1. The molecule has 0 aromatic heterocycles. The first-order valence-electron chi connectivity index (χ1n) is 5.78. The maximum absolute atomic E-state index is 12.1. The molecular weight excluding hydrogens is 240 g/mol. The van der Waals surface area contributed by atoms with Gasteiger partial charge in [0.1, 0.15) is 0 Å². The fourth-order valence-corrected chi connectivity index (χ4v) is 2.04. The molecule has 7 nitrogen and oxygen atoms in total. The van der Waals surface area contributed by atoms with Gasteiger partial charge in [-0.1, -0.05) is 5.16 Å². The second-order valence-electron chi connectivity index (χ2n) is 5.01. The van der Waals surface area contributed by atoms with Crippen molar-refractivity contribution in [1.82, 2.24) is 4.90 Å². The Kier molecular flexibility index (Phi) is 3.25. The van der Waals surface area contributed by atoms with Crippen molar-refractivity contribution in [2.24, 2.45) is 5.16 Å². The van der Waals surface area contributed by atoms with E-state index in [0.29, 0.717) is 19.7 Å². The second kappa shape index (κ2) is 4.56. The summed E-state index contributed by atoms with van der Waals surface area (Å²) >= 11 is 0. The van der Waals surface area contributed by atoms with E-state index in [-0.39, 0.29) is 23.6 Å². The molecule has 1 unspecified atom stereocenters. The van der Waals surface area contributed by atoms with Gasteiger partial charge in [-0.2, -0.15) is 0 Å². The van der Waals surface area contributed by atoms with E-state index in [9.17, 15) is 9.59 Å². The predicted octanol–water partition coefficient (Wildman–Crippen LogP) is -0.147. The van der Waals surface area contributed by atoms with Crippen LogP contribution in [0.25, 0.3) is 0 Å². The highest BCUT2D eigenvalue weighted by atomic mass is 16.6. The van der Waals surface area contributed by atoms with Crippen LogP contribution in [0.2, 0.25) is 0 Å². The van der Waals surface area contributed by atoms with Gasteiger partial charge in [-0.15, -0.1) is 0 Å². The lowest BCUT2D eigenvalue weighted by molar-refractivity contribution is -0.155. The number of aliphatic carboxylic acids is 1. The standard InChI is InChI=1S/C11H16N2O5/c1-11(2)6-13(3-4-17-11)9(14)8-5-7(10(15)16)12-18-8/h8H,3-6H2,1-2H3,(H,15,16). The van der Waals surface area contributed by atoms with Gasteiger partial charge in [-0.05, 0) is 13.8 Å². The second-order valence-corrected chi connectivity index (χ2v) is 5.01. The third-order valence-corrected chi connectivity index (χ3v) is 2.93. The lowest BCUT2D eigenvalue weighted by Crippen LogP contribution is -2.53. The van der Waals surface area contributed by atoms with Crippen molar-refractivity contribution in [3.63, 3.8) is 0 Å². The average Bonchev–Trinajstić information content (AvgIpc) is 2.76. The molecule has 0 aromatic rings. The van der Waals surface area contributed by atoms with Gasteiger partial charge in [0.15, 0.2) is 5.71 Å². The zero-order valence-corrected chi connectivity index (χ0v) is 10.4. The Morgan fingerprint density at radius 1 is 1.50 bits per heavy atom. The summed E-state index contributed by atoms with van der Waals surface area (Å²) in [5.74, 6) is -1.38. The van der Waals surface area contributed by atoms with E-state index < -0.39 is 12.1 Å². The molecule has 0 aliphatic carbocycles. The van der Waals surface area contributed by atoms with E-state index in [1.807, 2.05) is 13.8 Å². The van der Waals surface area contributed by atoms with Crippen LogP contribution in [0.5, 0.6) is 0 Å². The molecule has 18 heavy (non-hydrogen) atoms. The van der Waals surface area contributed by atoms with E-state index in [2.05, 4.69) is 5.16 Å². The van der Waals surface area contributed by atoms with Crippen molar-refractivity contribution < 1.29 is 24.3 Å². The minimum atomic E-state index is -1.15. The van der Waals surface area contributed by atoms with Crippen LogP contribution in [0.15, 0.2) is 5.16 Å². The zero-order valence-electron chi connectivity index (χ0n) is 10.4. The summed E-state index contributed by atoms with van der Waals surface area (Å²) in [4.78, 5) is 29.3. The van der Waals surface area contributed by atoms with Crippen molar-refractivity contribution in [3.8, 4) is 0 Å². The number of carbonyl (C=O) groups excluding carboxylic acids is 1. The third-order valence-electron chi connectivity index (χ3n) is 2.93. The van der Waals surface area contributed by atoms with Crippen LogP contribution >= 0.6 is 0 Å². The molecule has 0 spiro atoms. The molecule has 1 saturated heterocycles. The molecule has 1 amide bonds. The smallest absolute Gasteiger partial charge is 0.353 e. The normalized spacial score (nSPS) is 26.4. The minimum Gasteiger partial charge on any atom is -0.477 e. The van der Waals surface area contributed by atoms with Crippen LogP contribution in [0, 0.1) is 0 Å². The van der Waals surface area contributed by atoms with Crippen LogP contribution in [-0.2, 0) is 19.2 Å². The van der Waals surface area contributed by atoms with Gasteiger partial charge in [0.05, 0.1) is 12.2 Å². The Labute approximate surface area is 104 Å². The fourth-order valence-electron chi connectivity index (χ4n) is 2.04. The Hall–Kier alpha value is -1.63. The molecule has 2 aliphatic heterocycles. The largest absolute Gasteiger partial charge is 0.477 e. The van der Waals surface area contributed by atoms with E-state index in [1.54, 1.807) is 4.90 Å². The van der Waals surface area contributed by atoms with Gasteiger partial charge >= 0.3 is 5.97 Å². The molecule has 0 radical (unpaired) electrons. The van der Waals surface area contributed by atoms with Gasteiger partial charge in [-0.3, -0.25) is 4.79 Å². The van der Waals surface area contributed by atoms with E-state index >= 15 is 0 Å². The number of ether oxygens (including phenoxy) is 1. The number of carbonyl (C=O) groups is 2. The number of carboxylic acids is 1. The summed E-state index contributed by atoms with van der Waals surface area (Å²) in [5, 5.41) is 12.2. The van der Waals surface area contributed by atoms with Crippen molar-refractivity contribution in [2.45, 2.75) is 32.0 Å². The topological polar surface area (TPSA) is 88.4 Å². The van der Waals surface area contributed by atoms with Crippen LogP contribution < -0.4 is 0 Å². The molecule has 2 aliphatic rings. The van der Waals surface area contributed by atoms with Gasteiger partial charge in [0, 0.05) is 19.5 Å². The predicted molar refractivity (Wildman–Crippen MR) is 61.2 cm³/mol. The van der Waals surface area contributed by atoms with Gasteiger partial charge < -0.3 is 19.6 Å². The van der Waals surface area contributed by atoms with E-state index in [1.165, 1.54) is 0 Å². The number of nitrogens with zero attached hydrogens (tertiary/aromatic N) is 2. The molecule has 0 aromatic carbocycles. The Morgan fingerprint density at radius 2 is 2.22 bits per heavy atom. The summed E-state index contributed by atoms with van der Waals surface area (Å²) in [6.07, 6.45) is -0.795. The first kappa shape index (κ1) is 12.8. The Bertz CT molecular complexity index is 404. The first-order chi connectivity index (χ1) is 8.39. The molecule has 2 heterocycles. The van der Waals surface area contributed by atoms with Crippen LogP contribution in [0.1, 0.15) is 20.3 Å². The molecular formula is C11H16N2O5. The molecule has 0 bridgehead atoms. The summed E-state index contributed by atoms with van der Waals surface area (Å²) in [6, 6.07) is 0. The number of hydrogen-bond donors (Lipinski definition) is 1. The average molecular weight is 256 g/mol. The first-order valence-corrected chi connectivity index (χ1v) is 5.78. The lowest BCUT2D eigenvalue weighted by atomic mass is 10.1. The number of hydrogen-bond acceptors (Lipinski definition) is 5. The highest BCUT2D eigenvalue weighted by Gasteiger charge is 2.38. The Balaban J connectivity index is 1.95. The van der Waals surface area contributed by atoms with Gasteiger partial charge in [0.25, 0.3) is 5.91 Å². The summed E-state index contributed by atoms with van der Waals surface area (Å²) < 4.78 is 5.51. The van der Waals surface area contributed by atoms with Gasteiger partial charge in [0.2, 0.25) is 6.10 Å². The zero-order chi connectivity index (χ0) is 13.3. The molecule has 0 saturated carbocycles. The lowest BCUT2D eigenvalue weighted by Gasteiger charge is -2.38. The van der Waals surface area contributed by atoms with Crippen LogP contribution in [0.4, 0.5) is 0 Å². The highest BCUT2D eigenvalue weighted by Crippen LogP contribution is 2.20. The van der Waals surface area contributed by atoms with Crippen molar-refractivity contribution in [1.29, 1.82) is 0 Å². The quantitative estimate of drug-likeness (QED) is 0.742. The maximum atomic E-state index is 12.1. The number of carboxylic acid groups (broad SMARTS) is 1. The van der Waals surface area contributed by atoms with Crippen molar-refractivity contribution in [2.75, 3.05) is 19.7 Å². The molecule has 1 fully saturated rings. The molecule has 7 heteroatoms. The van der Waals surface area contributed by atoms with Gasteiger partial charge in [-0.25, -0.2) is 4.79 Å². The fraction of sp³-hybridized carbons (Fsp3) is 0.727. The summed E-state index contributed by atoms with van der Waals surface area (Å²) in [6.45, 7) is 5.24.